The standard InChI is InChI=1S/C17H26N4O5/c1-11(2)16-18-13(26-19-16)6-7-14(22)20(3)10-15(23)21-8-4-5-12(9-21)17(24)25/h11-12H,4-10H2,1-3H3,(H,24,25). The molecule has 1 N–H and O–H groups in total. The van der Waals surface area contributed by atoms with Crippen LogP contribution in [0, 0.1) is 5.92 Å². The van der Waals surface area contributed by atoms with Gasteiger partial charge in [-0.15, -0.1) is 0 Å². The summed E-state index contributed by atoms with van der Waals surface area (Å²) in [6.45, 7) is 4.58. The number of aromatic nitrogens is 2. The second kappa shape index (κ2) is 8.77. The van der Waals surface area contributed by atoms with Gasteiger partial charge in [-0.25, -0.2) is 0 Å². The minimum atomic E-state index is -0.882. The summed E-state index contributed by atoms with van der Waals surface area (Å²) in [7, 11) is 1.56. The Morgan fingerprint density at radius 2 is 2.12 bits per heavy atom. The van der Waals surface area contributed by atoms with Crippen LogP contribution in [-0.4, -0.2) is 69.5 Å². The van der Waals surface area contributed by atoms with E-state index in [4.69, 9.17) is 9.63 Å². The molecule has 0 radical (unpaired) electrons. The molecule has 26 heavy (non-hydrogen) atoms. The Morgan fingerprint density at radius 3 is 2.73 bits per heavy atom. The van der Waals surface area contributed by atoms with Crippen LogP contribution in [0.4, 0.5) is 0 Å². The number of hydrogen-bond donors (Lipinski definition) is 1. The quantitative estimate of drug-likeness (QED) is 0.762. The number of carboxylic acid groups (broad SMARTS) is 1. The molecule has 1 aliphatic rings. The van der Waals surface area contributed by atoms with Crippen LogP contribution < -0.4 is 0 Å². The van der Waals surface area contributed by atoms with Crippen LogP contribution >= 0.6 is 0 Å². The molecule has 1 fully saturated rings. The zero-order chi connectivity index (χ0) is 19.3. The molecular formula is C17H26N4O5. The molecule has 1 unspecified atom stereocenters. The second-order valence-corrected chi connectivity index (χ2v) is 6.97. The Balaban J connectivity index is 1.80. The van der Waals surface area contributed by atoms with Crippen LogP contribution in [0.3, 0.4) is 0 Å². The lowest BCUT2D eigenvalue weighted by Gasteiger charge is -2.32. The van der Waals surface area contributed by atoms with Crippen LogP contribution in [0.25, 0.3) is 0 Å². The minimum absolute atomic E-state index is 0.0632. The van der Waals surface area contributed by atoms with E-state index >= 15 is 0 Å². The summed E-state index contributed by atoms with van der Waals surface area (Å²) in [6.07, 6.45) is 1.73. The van der Waals surface area contributed by atoms with E-state index in [-0.39, 0.29) is 37.2 Å². The average molecular weight is 366 g/mol. The van der Waals surface area contributed by atoms with Crippen molar-refractivity contribution in [1.29, 1.82) is 0 Å². The summed E-state index contributed by atoms with van der Waals surface area (Å²) in [5, 5.41) is 12.9. The van der Waals surface area contributed by atoms with E-state index in [0.717, 1.165) is 0 Å². The number of likely N-dealkylation sites (tertiary alicyclic amines) is 1. The molecule has 0 aliphatic carbocycles. The monoisotopic (exact) mass is 366 g/mol. The number of likely N-dealkylation sites (N-methyl/N-ethyl adjacent to an activating group) is 1. The Bertz CT molecular complexity index is 657. The van der Waals surface area contributed by atoms with Gasteiger partial charge in [-0.05, 0) is 12.8 Å². The number of carboxylic acids is 1. The number of rotatable bonds is 7. The fourth-order valence-electron chi connectivity index (χ4n) is 2.81. The molecule has 1 aliphatic heterocycles. The molecule has 9 heteroatoms. The predicted molar refractivity (Wildman–Crippen MR) is 91.3 cm³/mol. The highest BCUT2D eigenvalue weighted by Crippen LogP contribution is 2.17. The Hall–Kier alpha value is -2.45. The number of piperidine rings is 1. The molecule has 144 valence electrons. The number of hydrogen-bond acceptors (Lipinski definition) is 6. The Morgan fingerprint density at radius 1 is 1.38 bits per heavy atom. The van der Waals surface area contributed by atoms with Crippen molar-refractivity contribution in [1.82, 2.24) is 19.9 Å². The largest absolute Gasteiger partial charge is 0.481 e. The van der Waals surface area contributed by atoms with Crippen LogP contribution in [0.15, 0.2) is 4.52 Å². The van der Waals surface area contributed by atoms with Gasteiger partial charge in [-0.3, -0.25) is 14.4 Å². The van der Waals surface area contributed by atoms with Gasteiger partial charge in [0.2, 0.25) is 17.7 Å². The molecule has 1 aromatic rings. The predicted octanol–water partition coefficient (Wildman–Crippen LogP) is 0.907. The van der Waals surface area contributed by atoms with Crippen molar-refractivity contribution >= 4 is 17.8 Å². The van der Waals surface area contributed by atoms with E-state index in [1.54, 1.807) is 7.05 Å². The van der Waals surface area contributed by atoms with Gasteiger partial charge >= 0.3 is 5.97 Å². The first kappa shape index (κ1) is 19.9. The number of aryl methyl sites for hydroxylation is 1. The lowest BCUT2D eigenvalue weighted by Crippen LogP contribution is -2.46. The lowest BCUT2D eigenvalue weighted by atomic mass is 9.98. The van der Waals surface area contributed by atoms with Crippen molar-refractivity contribution in [3.05, 3.63) is 11.7 Å². The summed E-state index contributed by atoms with van der Waals surface area (Å²) in [5.74, 6) is -0.673. The number of aliphatic carboxylic acids is 1. The maximum absolute atomic E-state index is 12.3. The highest BCUT2D eigenvalue weighted by Gasteiger charge is 2.29. The van der Waals surface area contributed by atoms with Gasteiger partial charge in [-0.2, -0.15) is 4.98 Å². The van der Waals surface area contributed by atoms with Gasteiger partial charge in [0, 0.05) is 38.9 Å². The van der Waals surface area contributed by atoms with Gasteiger partial charge in [0.15, 0.2) is 5.82 Å². The molecule has 0 spiro atoms. The molecule has 2 amide bonds. The number of carbonyl (C=O) groups excluding carboxylic acids is 2. The Kier molecular flexibility index (Phi) is 6.70. The van der Waals surface area contributed by atoms with E-state index in [1.165, 1.54) is 9.80 Å². The van der Waals surface area contributed by atoms with Gasteiger partial charge in [0.25, 0.3) is 0 Å². The van der Waals surface area contributed by atoms with Gasteiger partial charge in [0.05, 0.1) is 12.5 Å². The highest BCUT2D eigenvalue weighted by molar-refractivity contribution is 5.85. The summed E-state index contributed by atoms with van der Waals surface area (Å²) in [4.78, 5) is 42.7. The fourth-order valence-corrected chi connectivity index (χ4v) is 2.81. The molecule has 9 nitrogen and oxygen atoms in total. The maximum Gasteiger partial charge on any atom is 0.308 e. The summed E-state index contributed by atoms with van der Waals surface area (Å²) in [6, 6.07) is 0. The lowest BCUT2D eigenvalue weighted by molar-refractivity contribution is -0.147. The van der Waals surface area contributed by atoms with Crippen molar-refractivity contribution < 1.29 is 24.0 Å². The molecule has 1 saturated heterocycles. The van der Waals surface area contributed by atoms with Gasteiger partial charge in [0.1, 0.15) is 0 Å². The Labute approximate surface area is 152 Å². The van der Waals surface area contributed by atoms with Crippen LogP contribution in [0.2, 0.25) is 0 Å². The number of carbonyl (C=O) groups is 3. The average Bonchev–Trinajstić information content (AvgIpc) is 3.09. The van der Waals surface area contributed by atoms with Crippen molar-refractivity contribution in [2.75, 3.05) is 26.7 Å². The van der Waals surface area contributed by atoms with Gasteiger partial charge in [-0.1, -0.05) is 19.0 Å². The normalized spacial score (nSPS) is 17.4. The maximum atomic E-state index is 12.3. The third-order valence-corrected chi connectivity index (χ3v) is 4.47. The van der Waals surface area contributed by atoms with Crippen LogP contribution in [-0.2, 0) is 20.8 Å². The summed E-state index contributed by atoms with van der Waals surface area (Å²) in [5.41, 5.74) is 0. The van der Waals surface area contributed by atoms with E-state index in [9.17, 15) is 14.4 Å². The third kappa shape index (κ3) is 5.27. The smallest absolute Gasteiger partial charge is 0.308 e. The molecule has 2 heterocycles. The molecule has 1 atom stereocenters. The van der Waals surface area contributed by atoms with Crippen molar-refractivity contribution in [3.63, 3.8) is 0 Å². The van der Waals surface area contributed by atoms with Crippen LogP contribution in [0.1, 0.15) is 50.7 Å². The van der Waals surface area contributed by atoms with Crippen molar-refractivity contribution in [2.45, 2.75) is 45.4 Å². The molecule has 2 rings (SSSR count). The van der Waals surface area contributed by atoms with Crippen molar-refractivity contribution in [2.24, 2.45) is 5.92 Å². The first-order valence-electron chi connectivity index (χ1n) is 8.85. The molecule has 0 aromatic carbocycles. The summed E-state index contributed by atoms with van der Waals surface area (Å²) < 4.78 is 5.10. The molecule has 0 saturated carbocycles. The van der Waals surface area contributed by atoms with E-state index in [2.05, 4.69) is 10.1 Å². The van der Waals surface area contributed by atoms with Crippen LogP contribution in [0.5, 0.6) is 0 Å². The number of nitrogens with zero attached hydrogens (tertiary/aromatic N) is 4. The molecular weight excluding hydrogens is 340 g/mol. The van der Waals surface area contributed by atoms with Crippen molar-refractivity contribution in [3.8, 4) is 0 Å². The fraction of sp³-hybridized carbons (Fsp3) is 0.706. The SMILES string of the molecule is CC(C)c1noc(CCC(=O)N(C)CC(=O)N2CCCC(C(=O)O)C2)n1. The number of amides is 2. The van der Waals surface area contributed by atoms with E-state index in [0.29, 0.717) is 37.5 Å². The minimum Gasteiger partial charge on any atom is -0.481 e. The second-order valence-electron chi connectivity index (χ2n) is 6.97. The zero-order valence-corrected chi connectivity index (χ0v) is 15.5. The zero-order valence-electron chi connectivity index (χ0n) is 15.5. The van der Waals surface area contributed by atoms with E-state index < -0.39 is 11.9 Å². The first-order chi connectivity index (χ1) is 12.3. The third-order valence-electron chi connectivity index (χ3n) is 4.47. The molecule has 0 bridgehead atoms. The molecule has 1 aromatic heterocycles. The topological polar surface area (TPSA) is 117 Å². The van der Waals surface area contributed by atoms with E-state index in [1.807, 2.05) is 13.8 Å². The highest BCUT2D eigenvalue weighted by atomic mass is 16.5. The summed E-state index contributed by atoms with van der Waals surface area (Å²) >= 11 is 0. The van der Waals surface area contributed by atoms with Gasteiger partial charge < -0.3 is 19.4 Å². The first-order valence-corrected chi connectivity index (χ1v) is 8.85.